The molecule has 0 aliphatic heterocycles. The molecule has 50 valence electrons. The lowest BCUT2D eigenvalue weighted by molar-refractivity contribution is -0.114. The van der Waals surface area contributed by atoms with E-state index in [1.807, 2.05) is 6.08 Å². The summed E-state index contributed by atoms with van der Waals surface area (Å²) in [5.74, 6) is 0.318. The van der Waals surface area contributed by atoms with Crippen molar-refractivity contribution in [2.24, 2.45) is 0 Å². The van der Waals surface area contributed by atoms with Crippen molar-refractivity contribution in [2.45, 2.75) is 32.6 Å². The van der Waals surface area contributed by atoms with Crippen LogP contribution in [-0.2, 0) is 4.79 Å². The number of carbonyl (C=O) groups is 1. The molecule has 0 bridgehead atoms. The van der Waals surface area contributed by atoms with Crippen molar-refractivity contribution in [1.82, 2.24) is 0 Å². The van der Waals surface area contributed by atoms with Crippen LogP contribution in [0.15, 0.2) is 11.6 Å². The zero-order chi connectivity index (χ0) is 6.69. The molecule has 0 spiro atoms. The fourth-order valence-electron chi connectivity index (χ4n) is 1.17. The Hall–Kier alpha value is -0.590. The van der Waals surface area contributed by atoms with Crippen molar-refractivity contribution < 1.29 is 4.79 Å². The van der Waals surface area contributed by atoms with E-state index in [0.717, 1.165) is 19.3 Å². The van der Waals surface area contributed by atoms with Crippen molar-refractivity contribution in [2.75, 3.05) is 0 Å². The molecule has 1 heteroatoms. The summed E-state index contributed by atoms with van der Waals surface area (Å²) in [6, 6.07) is 0. The van der Waals surface area contributed by atoms with Gasteiger partial charge in [0, 0.05) is 6.42 Å². The molecule has 0 unspecified atom stereocenters. The van der Waals surface area contributed by atoms with E-state index >= 15 is 0 Å². The van der Waals surface area contributed by atoms with Crippen LogP contribution in [0.2, 0.25) is 0 Å². The summed E-state index contributed by atoms with van der Waals surface area (Å²) in [7, 11) is 0. The van der Waals surface area contributed by atoms with Crippen LogP contribution in [0, 0.1) is 0 Å². The monoisotopic (exact) mass is 124 g/mol. The van der Waals surface area contributed by atoms with E-state index in [1.54, 1.807) is 0 Å². The Morgan fingerprint density at radius 3 is 2.78 bits per heavy atom. The molecule has 9 heavy (non-hydrogen) atoms. The lowest BCUT2D eigenvalue weighted by Crippen LogP contribution is -1.80. The Balaban J connectivity index is 2.42. The molecule has 1 nitrogen and oxygen atoms in total. The molecule has 0 N–H and O–H groups in total. The molecule has 1 aliphatic rings. The van der Waals surface area contributed by atoms with Gasteiger partial charge in [0.05, 0.1) is 0 Å². The number of carbonyl (C=O) groups excluding carboxylic acids is 1. The van der Waals surface area contributed by atoms with E-state index in [-0.39, 0.29) is 0 Å². The van der Waals surface area contributed by atoms with Crippen molar-refractivity contribution in [3.63, 3.8) is 0 Å². The van der Waals surface area contributed by atoms with Gasteiger partial charge in [-0.3, -0.25) is 4.79 Å². The Morgan fingerprint density at radius 2 is 2.33 bits per heavy atom. The Kier molecular flexibility index (Phi) is 2.04. The molecular formula is C8H12O. The summed E-state index contributed by atoms with van der Waals surface area (Å²) in [6.45, 7) is 2.14. The average molecular weight is 124 g/mol. The minimum absolute atomic E-state index is 0.318. The zero-order valence-electron chi connectivity index (χ0n) is 5.81. The van der Waals surface area contributed by atoms with E-state index in [4.69, 9.17) is 0 Å². The second kappa shape index (κ2) is 2.81. The first kappa shape index (κ1) is 6.53. The summed E-state index contributed by atoms with van der Waals surface area (Å²) in [4.78, 5) is 10.7. The molecule has 0 radical (unpaired) electrons. The predicted octanol–water partition coefficient (Wildman–Crippen LogP) is 2.08. The molecule has 0 saturated carbocycles. The van der Waals surface area contributed by atoms with E-state index in [2.05, 4.69) is 6.92 Å². The first-order valence-electron chi connectivity index (χ1n) is 3.55. The third kappa shape index (κ3) is 1.67. The highest BCUT2D eigenvalue weighted by molar-refractivity contribution is 5.92. The molecule has 0 atom stereocenters. The van der Waals surface area contributed by atoms with E-state index in [0.29, 0.717) is 5.78 Å². The van der Waals surface area contributed by atoms with Gasteiger partial charge < -0.3 is 0 Å². The van der Waals surface area contributed by atoms with Crippen LogP contribution in [0.4, 0.5) is 0 Å². The maximum Gasteiger partial charge on any atom is 0.155 e. The maximum absolute atomic E-state index is 10.7. The molecule has 0 fully saturated rings. The van der Waals surface area contributed by atoms with Crippen LogP contribution in [0.25, 0.3) is 0 Å². The minimum Gasteiger partial charge on any atom is -0.295 e. The topological polar surface area (TPSA) is 17.1 Å². The van der Waals surface area contributed by atoms with E-state index in [1.165, 1.54) is 12.0 Å². The smallest absolute Gasteiger partial charge is 0.155 e. The quantitative estimate of drug-likeness (QED) is 0.550. The molecule has 1 aliphatic carbocycles. The fraction of sp³-hybridized carbons (Fsp3) is 0.625. The van der Waals surface area contributed by atoms with Crippen molar-refractivity contribution in [1.29, 1.82) is 0 Å². The lowest BCUT2D eigenvalue weighted by Gasteiger charge is -1.92. The summed E-state index contributed by atoms with van der Waals surface area (Å²) in [5, 5.41) is 0. The fourth-order valence-corrected chi connectivity index (χ4v) is 1.17. The summed E-state index contributed by atoms with van der Waals surface area (Å²) >= 11 is 0. The van der Waals surface area contributed by atoms with Gasteiger partial charge in [0.2, 0.25) is 0 Å². The minimum atomic E-state index is 0.318. The number of rotatable bonds is 2. The molecule has 0 amide bonds. The van der Waals surface area contributed by atoms with Crippen LogP contribution in [0.3, 0.4) is 0 Å². The lowest BCUT2D eigenvalue weighted by atomic mass is 10.1. The van der Waals surface area contributed by atoms with Gasteiger partial charge in [-0.1, -0.05) is 18.9 Å². The zero-order valence-corrected chi connectivity index (χ0v) is 5.81. The summed E-state index contributed by atoms with van der Waals surface area (Å²) in [6.07, 6.45) is 5.87. The Morgan fingerprint density at radius 1 is 1.56 bits per heavy atom. The van der Waals surface area contributed by atoms with Gasteiger partial charge in [0.25, 0.3) is 0 Å². The predicted molar refractivity (Wildman–Crippen MR) is 37.2 cm³/mol. The van der Waals surface area contributed by atoms with E-state index in [9.17, 15) is 4.79 Å². The largest absolute Gasteiger partial charge is 0.295 e. The molecule has 1 rings (SSSR count). The molecule has 0 aromatic carbocycles. The van der Waals surface area contributed by atoms with Crippen molar-refractivity contribution >= 4 is 5.78 Å². The van der Waals surface area contributed by atoms with Crippen LogP contribution >= 0.6 is 0 Å². The summed E-state index contributed by atoms with van der Waals surface area (Å²) in [5.41, 5.74) is 1.35. The van der Waals surface area contributed by atoms with Gasteiger partial charge in [-0.2, -0.15) is 0 Å². The number of hydrogen-bond donors (Lipinski definition) is 0. The molecule has 0 heterocycles. The third-order valence-electron chi connectivity index (χ3n) is 1.63. The molecule has 0 aromatic rings. The number of hydrogen-bond acceptors (Lipinski definition) is 1. The Bertz CT molecular complexity index is 145. The van der Waals surface area contributed by atoms with Gasteiger partial charge in [-0.25, -0.2) is 0 Å². The van der Waals surface area contributed by atoms with Crippen LogP contribution in [0.1, 0.15) is 32.6 Å². The average Bonchev–Trinajstić information content (AvgIpc) is 2.17. The second-order valence-electron chi connectivity index (χ2n) is 2.52. The summed E-state index contributed by atoms with van der Waals surface area (Å²) < 4.78 is 0. The van der Waals surface area contributed by atoms with Gasteiger partial charge in [-0.05, 0) is 18.9 Å². The number of ketones is 1. The first-order chi connectivity index (χ1) is 4.33. The molecule has 0 aromatic heterocycles. The highest BCUT2D eigenvalue weighted by Crippen LogP contribution is 2.18. The van der Waals surface area contributed by atoms with E-state index < -0.39 is 0 Å². The third-order valence-corrected chi connectivity index (χ3v) is 1.63. The first-order valence-corrected chi connectivity index (χ1v) is 3.55. The van der Waals surface area contributed by atoms with Gasteiger partial charge in [0.15, 0.2) is 5.78 Å². The number of allylic oxidation sites excluding steroid dienone is 2. The van der Waals surface area contributed by atoms with Crippen molar-refractivity contribution in [3.8, 4) is 0 Å². The second-order valence-corrected chi connectivity index (χ2v) is 2.52. The maximum atomic E-state index is 10.7. The highest BCUT2D eigenvalue weighted by Gasteiger charge is 2.09. The molecular weight excluding hydrogens is 112 g/mol. The molecule has 0 saturated heterocycles. The van der Waals surface area contributed by atoms with Gasteiger partial charge in [-0.15, -0.1) is 0 Å². The van der Waals surface area contributed by atoms with Gasteiger partial charge in [0.1, 0.15) is 0 Å². The van der Waals surface area contributed by atoms with Crippen LogP contribution in [-0.4, -0.2) is 5.78 Å². The SMILES string of the molecule is CCCC1=CC(=O)CC1. The van der Waals surface area contributed by atoms with Gasteiger partial charge >= 0.3 is 0 Å². The Labute approximate surface area is 55.8 Å². The van der Waals surface area contributed by atoms with Crippen LogP contribution in [0.5, 0.6) is 0 Å². The van der Waals surface area contributed by atoms with Crippen molar-refractivity contribution in [3.05, 3.63) is 11.6 Å². The van der Waals surface area contributed by atoms with Crippen LogP contribution < -0.4 is 0 Å². The highest BCUT2D eigenvalue weighted by atomic mass is 16.1. The standard InChI is InChI=1S/C8H12O/c1-2-3-7-4-5-8(9)6-7/h6H,2-5H2,1H3. The normalized spacial score (nSPS) is 18.3.